The third-order valence-electron chi connectivity index (χ3n) is 3.13. The van der Waals surface area contributed by atoms with Crippen molar-refractivity contribution >= 4 is 5.82 Å². The summed E-state index contributed by atoms with van der Waals surface area (Å²) in [5.41, 5.74) is 1.97. The fourth-order valence-electron chi connectivity index (χ4n) is 2.27. The lowest BCUT2D eigenvalue weighted by Crippen LogP contribution is -2.47. The van der Waals surface area contributed by atoms with Crippen LogP contribution < -0.4 is 4.90 Å². The third kappa shape index (κ3) is 2.75. The maximum Gasteiger partial charge on any atom is 0.150 e. The highest BCUT2D eigenvalue weighted by molar-refractivity contribution is 5.44. The van der Waals surface area contributed by atoms with E-state index in [2.05, 4.69) is 28.7 Å². The van der Waals surface area contributed by atoms with Crippen LogP contribution in [0.3, 0.4) is 0 Å². The van der Waals surface area contributed by atoms with E-state index in [1.165, 1.54) is 0 Å². The lowest BCUT2D eigenvalue weighted by Gasteiger charge is -2.37. The Morgan fingerprint density at radius 1 is 1.41 bits per heavy atom. The van der Waals surface area contributed by atoms with Gasteiger partial charge in [0.15, 0.2) is 5.82 Å². The Morgan fingerprint density at radius 2 is 2.18 bits per heavy atom. The quantitative estimate of drug-likeness (QED) is 0.787. The van der Waals surface area contributed by atoms with Gasteiger partial charge in [-0.1, -0.05) is 6.92 Å². The molecular weight excluding hydrogens is 214 g/mol. The van der Waals surface area contributed by atoms with Crippen molar-refractivity contribution in [2.75, 3.05) is 18.0 Å². The molecule has 94 valence electrons. The van der Waals surface area contributed by atoms with Gasteiger partial charge >= 0.3 is 0 Å². The molecule has 1 aliphatic heterocycles. The molecule has 1 fully saturated rings. The largest absolute Gasteiger partial charge is 0.372 e. The Kier molecular flexibility index (Phi) is 3.62. The number of anilines is 1. The van der Waals surface area contributed by atoms with Crippen molar-refractivity contribution in [3.05, 3.63) is 17.6 Å². The van der Waals surface area contributed by atoms with Crippen LogP contribution in [0.5, 0.6) is 0 Å². The molecule has 2 rings (SSSR count). The normalized spacial score (nSPS) is 25.1. The molecule has 17 heavy (non-hydrogen) atoms. The van der Waals surface area contributed by atoms with Gasteiger partial charge in [0.2, 0.25) is 0 Å². The Labute approximate surface area is 103 Å². The summed E-state index contributed by atoms with van der Waals surface area (Å²) in [5.74, 6) is 1.01. The van der Waals surface area contributed by atoms with Gasteiger partial charge in [-0.05, 0) is 27.2 Å². The number of hydrogen-bond acceptors (Lipinski definition) is 4. The van der Waals surface area contributed by atoms with Crippen molar-refractivity contribution in [1.82, 2.24) is 9.97 Å². The second kappa shape index (κ2) is 5.00. The van der Waals surface area contributed by atoms with Crippen LogP contribution in [0, 0.1) is 13.8 Å². The van der Waals surface area contributed by atoms with E-state index < -0.39 is 0 Å². The second-order valence-electron chi connectivity index (χ2n) is 4.80. The molecule has 0 aromatic carbocycles. The Morgan fingerprint density at radius 3 is 2.88 bits per heavy atom. The molecule has 1 aromatic rings. The van der Waals surface area contributed by atoms with Crippen molar-refractivity contribution in [1.29, 1.82) is 0 Å². The first kappa shape index (κ1) is 12.3. The molecule has 0 saturated carbocycles. The lowest BCUT2D eigenvalue weighted by molar-refractivity contribution is -0.0175. The second-order valence-corrected chi connectivity index (χ2v) is 4.80. The lowest BCUT2D eigenvalue weighted by atomic mass is 10.2. The van der Waals surface area contributed by atoms with Gasteiger partial charge in [-0.15, -0.1) is 0 Å². The Balaban J connectivity index is 2.23. The molecule has 2 unspecified atom stereocenters. The van der Waals surface area contributed by atoms with Gasteiger partial charge in [-0.3, -0.25) is 4.98 Å². The zero-order valence-corrected chi connectivity index (χ0v) is 11.1. The van der Waals surface area contributed by atoms with Crippen LogP contribution in [-0.4, -0.2) is 35.3 Å². The number of morpholine rings is 1. The van der Waals surface area contributed by atoms with E-state index >= 15 is 0 Å². The van der Waals surface area contributed by atoms with Crippen LogP contribution in [-0.2, 0) is 4.74 Å². The molecule has 4 nitrogen and oxygen atoms in total. The van der Waals surface area contributed by atoms with Crippen LogP contribution in [0.1, 0.15) is 31.7 Å². The van der Waals surface area contributed by atoms with Crippen LogP contribution in [0.2, 0.25) is 0 Å². The first-order chi connectivity index (χ1) is 8.10. The van der Waals surface area contributed by atoms with Gasteiger partial charge in [0.1, 0.15) is 0 Å². The number of ether oxygens (including phenoxy) is 1. The van der Waals surface area contributed by atoms with E-state index in [4.69, 9.17) is 4.74 Å². The van der Waals surface area contributed by atoms with E-state index in [-0.39, 0.29) is 6.10 Å². The summed E-state index contributed by atoms with van der Waals surface area (Å²) in [6, 6.07) is 0. The fourth-order valence-corrected chi connectivity index (χ4v) is 2.27. The fraction of sp³-hybridized carbons (Fsp3) is 0.692. The predicted octanol–water partition coefficient (Wildman–Crippen LogP) is 2.10. The molecule has 0 N–H and O–H groups in total. The zero-order chi connectivity index (χ0) is 12.4. The highest BCUT2D eigenvalue weighted by atomic mass is 16.5. The number of rotatable bonds is 2. The molecular formula is C13H21N3O. The molecule has 0 spiro atoms. The monoisotopic (exact) mass is 235 g/mol. The molecule has 2 heterocycles. The molecule has 1 aliphatic rings. The van der Waals surface area contributed by atoms with Gasteiger partial charge < -0.3 is 9.64 Å². The highest BCUT2D eigenvalue weighted by Crippen LogP contribution is 2.21. The summed E-state index contributed by atoms with van der Waals surface area (Å²) in [6.45, 7) is 10.1. The summed E-state index contributed by atoms with van der Waals surface area (Å²) in [6.07, 6.45) is 3.43. The van der Waals surface area contributed by atoms with Crippen molar-refractivity contribution in [3.8, 4) is 0 Å². The molecule has 0 amide bonds. The summed E-state index contributed by atoms with van der Waals surface area (Å²) in [5, 5.41) is 0. The van der Waals surface area contributed by atoms with Gasteiger partial charge in [-0.25, -0.2) is 4.98 Å². The average molecular weight is 235 g/mol. The van der Waals surface area contributed by atoms with E-state index in [0.29, 0.717) is 6.10 Å². The van der Waals surface area contributed by atoms with Crippen LogP contribution >= 0.6 is 0 Å². The average Bonchev–Trinajstić information content (AvgIpc) is 2.31. The summed E-state index contributed by atoms with van der Waals surface area (Å²) in [4.78, 5) is 11.3. The molecule has 1 aromatic heterocycles. The number of nitrogens with zero attached hydrogens (tertiary/aromatic N) is 3. The minimum absolute atomic E-state index is 0.260. The van der Waals surface area contributed by atoms with E-state index in [0.717, 1.165) is 36.7 Å². The molecule has 0 bridgehead atoms. The van der Waals surface area contributed by atoms with Gasteiger partial charge in [-0.2, -0.15) is 0 Å². The van der Waals surface area contributed by atoms with E-state index in [1.54, 1.807) is 0 Å². The van der Waals surface area contributed by atoms with Gasteiger partial charge in [0.25, 0.3) is 0 Å². The summed E-state index contributed by atoms with van der Waals surface area (Å²) >= 11 is 0. The van der Waals surface area contributed by atoms with Crippen LogP contribution in [0.25, 0.3) is 0 Å². The molecule has 1 saturated heterocycles. The van der Waals surface area contributed by atoms with Crippen molar-refractivity contribution < 1.29 is 4.74 Å². The predicted molar refractivity (Wildman–Crippen MR) is 68.3 cm³/mol. The highest BCUT2D eigenvalue weighted by Gasteiger charge is 2.26. The number of hydrogen-bond donors (Lipinski definition) is 0. The maximum absolute atomic E-state index is 5.87. The number of aryl methyl sites for hydroxylation is 2. The standard InChI is InChI=1S/C13H21N3O/c1-5-12-8-16(7-10(3)17-12)13-11(4)14-6-9(2)15-13/h6,10,12H,5,7-8H2,1-4H3. The maximum atomic E-state index is 5.87. The Hall–Kier alpha value is -1.16. The first-order valence-corrected chi connectivity index (χ1v) is 6.30. The summed E-state index contributed by atoms with van der Waals surface area (Å²) in [7, 11) is 0. The smallest absolute Gasteiger partial charge is 0.150 e. The number of aromatic nitrogens is 2. The van der Waals surface area contributed by atoms with Gasteiger partial charge in [0, 0.05) is 19.3 Å². The Bertz CT molecular complexity index is 394. The molecule has 4 heteroatoms. The molecule has 0 aliphatic carbocycles. The van der Waals surface area contributed by atoms with Crippen molar-refractivity contribution in [2.24, 2.45) is 0 Å². The molecule has 0 radical (unpaired) electrons. The van der Waals surface area contributed by atoms with Crippen molar-refractivity contribution in [2.45, 2.75) is 46.3 Å². The van der Waals surface area contributed by atoms with Crippen LogP contribution in [0.4, 0.5) is 5.82 Å². The van der Waals surface area contributed by atoms with Gasteiger partial charge in [0.05, 0.1) is 23.6 Å². The van der Waals surface area contributed by atoms with E-state index in [1.807, 2.05) is 20.0 Å². The summed E-state index contributed by atoms with van der Waals surface area (Å²) < 4.78 is 5.87. The zero-order valence-electron chi connectivity index (χ0n) is 11.1. The van der Waals surface area contributed by atoms with E-state index in [9.17, 15) is 0 Å². The topological polar surface area (TPSA) is 38.2 Å². The minimum Gasteiger partial charge on any atom is -0.372 e. The van der Waals surface area contributed by atoms with Crippen molar-refractivity contribution in [3.63, 3.8) is 0 Å². The minimum atomic E-state index is 0.260. The first-order valence-electron chi connectivity index (χ1n) is 6.30. The third-order valence-corrected chi connectivity index (χ3v) is 3.13. The molecule has 2 atom stereocenters. The van der Waals surface area contributed by atoms with Crippen LogP contribution in [0.15, 0.2) is 6.20 Å². The SMILES string of the molecule is CCC1CN(c2nc(C)cnc2C)CC(C)O1.